The summed E-state index contributed by atoms with van der Waals surface area (Å²) in [5.41, 5.74) is 4.25. The zero-order valence-corrected chi connectivity index (χ0v) is 16.7. The first-order chi connectivity index (χ1) is 13.9. The van der Waals surface area contributed by atoms with Crippen molar-refractivity contribution in [1.82, 2.24) is 0 Å². The first-order valence-electron chi connectivity index (χ1n) is 9.13. The Bertz CT molecular complexity index is 1290. The largest absolute Gasteiger partial charge is 0.456 e. The monoisotopic (exact) mass is 403 g/mol. The second kappa shape index (κ2) is 7.57. The molecule has 0 fully saturated rings. The molecule has 0 aliphatic rings. The molecule has 3 aromatic carbocycles. The molecule has 1 heterocycles. The topological polar surface area (TPSA) is 59.3 Å². The summed E-state index contributed by atoms with van der Waals surface area (Å²) in [6.07, 6.45) is 0. The van der Waals surface area contributed by atoms with Gasteiger partial charge in [0.25, 0.3) is 5.91 Å². The van der Waals surface area contributed by atoms with E-state index in [0.29, 0.717) is 33.0 Å². The lowest BCUT2D eigenvalue weighted by molar-refractivity contribution is 0.102. The highest BCUT2D eigenvalue weighted by Crippen LogP contribution is 2.24. The zero-order chi connectivity index (χ0) is 20.5. The van der Waals surface area contributed by atoms with Crippen molar-refractivity contribution < 1.29 is 9.21 Å². The smallest absolute Gasteiger partial charge is 0.255 e. The van der Waals surface area contributed by atoms with E-state index in [1.165, 1.54) is 6.07 Å². The molecule has 0 bridgehead atoms. The average molecular weight is 404 g/mol. The summed E-state index contributed by atoms with van der Waals surface area (Å²) in [5.74, 6) is 0.223. The van der Waals surface area contributed by atoms with Crippen LogP contribution in [0.1, 0.15) is 21.5 Å². The van der Waals surface area contributed by atoms with E-state index < -0.39 is 0 Å². The van der Waals surface area contributed by atoms with Gasteiger partial charge in [0.15, 0.2) is 5.43 Å². The van der Waals surface area contributed by atoms with E-state index in [2.05, 4.69) is 5.32 Å². The molecular formula is C24H18ClNO3. The second-order valence-corrected chi connectivity index (χ2v) is 7.40. The van der Waals surface area contributed by atoms with Crippen molar-refractivity contribution in [3.8, 4) is 11.3 Å². The van der Waals surface area contributed by atoms with Crippen molar-refractivity contribution in [3.05, 3.63) is 98.7 Å². The molecule has 0 atom stereocenters. The molecule has 4 rings (SSSR count). The highest BCUT2D eigenvalue weighted by atomic mass is 35.5. The summed E-state index contributed by atoms with van der Waals surface area (Å²) in [7, 11) is 0. The second-order valence-electron chi connectivity index (χ2n) is 6.97. The minimum Gasteiger partial charge on any atom is -0.456 e. The van der Waals surface area contributed by atoms with Crippen molar-refractivity contribution in [2.75, 3.05) is 5.32 Å². The van der Waals surface area contributed by atoms with Crippen LogP contribution >= 0.6 is 11.6 Å². The van der Waals surface area contributed by atoms with Gasteiger partial charge < -0.3 is 9.73 Å². The SMILES string of the molecule is Cc1ccc2oc(-c3ccc(C(=O)Nc4cc(Cl)ccc4C)cc3)cc(=O)c2c1. The fourth-order valence-corrected chi connectivity index (χ4v) is 3.29. The number of nitrogens with one attached hydrogen (secondary N) is 1. The van der Waals surface area contributed by atoms with Gasteiger partial charge in [-0.3, -0.25) is 9.59 Å². The third-order valence-corrected chi connectivity index (χ3v) is 5.00. The van der Waals surface area contributed by atoms with Gasteiger partial charge in [0.1, 0.15) is 11.3 Å². The Kier molecular flexibility index (Phi) is 4.95. The van der Waals surface area contributed by atoms with Crippen molar-refractivity contribution in [2.24, 2.45) is 0 Å². The summed E-state index contributed by atoms with van der Waals surface area (Å²) in [6.45, 7) is 3.83. The Morgan fingerprint density at radius 1 is 0.931 bits per heavy atom. The standard InChI is InChI=1S/C24H18ClNO3/c1-14-3-10-22-19(11-14)21(27)13-23(29-22)16-5-7-17(8-6-16)24(28)26-20-12-18(25)9-4-15(20)2/h3-13H,1-2H3,(H,26,28). The Labute approximate surface area is 172 Å². The Hall–Kier alpha value is -3.37. The van der Waals surface area contributed by atoms with Crippen LogP contribution in [0.3, 0.4) is 0 Å². The van der Waals surface area contributed by atoms with Gasteiger partial charge in [0.2, 0.25) is 0 Å². The molecule has 0 aliphatic carbocycles. The molecule has 1 N–H and O–H groups in total. The fourth-order valence-electron chi connectivity index (χ4n) is 3.12. The molecule has 0 saturated carbocycles. The number of halogens is 1. The van der Waals surface area contributed by atoms with E-state index in [4.69, 9.17) is 16.0 Å². The van der Waals surface area contributed by atoms with Crippen molar-refractivity contribution in [2.45, 2.75) is 13.8 Å². The highest BCUT2D eigenvalue weighted by Gasteiger charge is 2.11. The van der Waals surface area contributed by atoms with Crippen molar-refractivity contribution >= 4 is 34.2 Å². The minimum atomic E-state index is -0.239. The number of anilines is 1. The predicted octanol–water partition coefficient (Wildman–Crippen LogP) is 5.98. The van der Waals surface area contributed by atoms with Crippen LogP contribution in [-0.2, 0) is 0 Å². The fraction of sp³-hybridized carbons (Fsp3) is 0.0833. The van der Waals surface area contributed by atoms with Crippen LogP contribution in [0.4, 0.5) is 5.69 Å². The summed E-state index contributed by atoms with van der Waals surface area (Å²) >= 11 is 6.01. The normalized spacial score (nSPS) is 10.9. The van der Waals surface area contributed by atoms with Crippen molar-refractivity contribution in [3.63, 3.8) is 0 Å². The summed E-state index contributed by atoms with van der Waals surface area (Å²) in [4.78, 5) is 25.0. The van der Waals surface area contributed by atoms with Gasteiger partial charge in [0.05, 0.1) is 5.39 Å². The maximum Gasteiger partial charge on any atom is 0.255 e. The first kappa shape index (κ1) is 19.0. The number of amides is 1. The van der Waals surface area contributed by atoms with E-state index in [1.807, 2.05) is 32.0 Å². The maximum absolute atomic E-state index is 12.6. The van der Waals surface area contributed by atoms with Gasteiger partial charge in [-0.05, 0) is 55.8 Å². The number of aryl methyl sites for hydroxylation is 2. The van der Waals surface area contributed by atoms with Crippen LogP contribution in [0.5, 0.6) is 0 Å². The molecule has 0 radical (unpaired) electrons. The predicted molar refractivity (Wildman–Crippen MR) is 117 cm³/mol. The number of carbonyl (C=O) groups is 1. The number of rotatable bonds is 3. The third-order valence-electron chi connectivity index (χ3n) is 4.76. The van der Waals surface area contributed by atoms with Gasteiger partial charge in [-0.25, -0.2) is 0 Å². The lowest BCUT2D eigenvalue weighted by Crippen LogP contribution is -2.12. The summed E-state index contributed by atoms with van der Waals surface area (Å²) < 4.78 is 5.89. The van der Waals surface area contributed by atoms with E-state index in [0.717, 1.165) is 16.7 Å². The molecule has 0 spiro atoms. The van der Waals surface area contributed by atoms with E-state index in [1.54, 1.807) is 42.5 Å². The molecule has 144 valence electrons. The van der Waals surface area contributed by atoms with Crippen LogP contribution in [0, 0.1) is 13.8 Å². The Morgan fingerprint density at radius 3 is 2.45 bits per heavy atom. The average Bonchev–Trinajstić information content (AvgIpc) is 2.71. The highest BCUT2D eigenvalue weighted by molar-refractivity contribution is 6.31. The molecule has 1 amide bonds. The molecule has 0 saturated heterocycles. The Morgan fingerprint density at radius 2 is 1.69 bits per heavy atom. The summed E-state index contributed by atoms with van der Waals surface area (Å²) in [6, 6.07) is 19.3. The van der Waals surface area contributed by atoms with Crippen molar-refractivity contribution in [1.29, 1.82) is 0 Å². The van der Waals surface area contributed by atoms with Gasteiger partial charge in [-0.15, -0.1) is 0 Å². The summed E-state index contributed by atoms with van der Waals surface area (Å²) in [5, 5.41) is 3.98. The van der Waals surface area contributed by atoms with Crippen LogP contribution in [-0.4, -0.2) is 5.91 Å². The zero-order valence-electron chi connectivity index (χ0n) is 16.0. The first-order valence-corrected chi connectivity index (χ1v) is 9.51. The number of carbonyl (C=O) groups excluding carboxylic acids is 1. The van der Waals surface area contributed by atoms with E-state index >= 15 is 0 Å². The minimum absolute atomic E-state index is 0.0943. The van der Waals surface area contributed by atoms with Crippen LogP contribution < -0.4 is 10.7 Å². The lowest BCUT2D eigenvalue weighted by atomic mass is 10.1. The molecular weight excluding hydrogens is 386 g/mol. The Balaban J connectivity index is 1.61. The lowest BCUT2D eigenvalue weighted by Gasteiger charge is -2.09. The number of hydrogen-bond donors (Lipinski definition) is 1. The molecule has 29 heavy (non-hydrogen) atoms. The number of benzene rings is 3. The van der Waals surface area contributed by atoms with Gasteiger partial charge in [0, 0.05) is 27.9 Å². The number of hydrogen-bond acceptors (Lipinski definition) is 3. The van der Waals surface area contributed by atoms with Gasteiger partial charge in [-0.1, -0.05) is 41.4 Å². The van der Waals surface area contributed by atoms with Crippen LogP contribution in [0.2, 0.25) is 5.02 Å². The molecule has 0 unspecified atom stereocenters. The molecule has 5 heteroatoms. The quantitative estimate of drug-likeness (QED) is 0.457. The maximum atomic E-state index is 12.6. The van der Waals surface area contributed by atoms with E-state index in [-0.39, 0.29) is 11.3 Å². The van der Waals surface area contributed by atoms with Gasteiger partial charge in [-0.2, -0.15) is 0 Å². The molecule has 4 nitrogen and oxygen atoms in total. The number of fused-ring (bicyclic) bond motifs is 1. The van der Waals surface area contributed by atoms with Crippen LogP contribution in [0.25, 0.3) is 22.3 Å². The molecule has 1 aromatic heterocycles. The molecule has 0 aliphatic heterocycles. The van der Waals surface area contributed by atoms with Crippen LogP contribution in [0.15, 0.2) is 75.9 Å². The molecule has 4 aromatic rings. The van der Waals surface area contributed by atoms with Gasteiger partial charge >= 0.3 is 0 Å². The third kappa shape index (κ3) is 3.93. The van der Waals surface area contributed by atoms with E-state index in [9.17, 15) is 9.59 Å².